The van der Waals surface area contributed by atoms with Crippen molar-refractivity contribution in [2.45, 2.75) is 0 Å². The molecule has 0 saturated heterocycles. The van der Waals surface area contributed by atoms with Gasteiger partial charge in [0.05, 0.1) is 16.4 Å². The van der Waals surface area contributed by atoms with Crippen molar-refractivity contribution in [1.82, 2.24) is 0 Å². The van der Waals surface area contributed by atoms with E-state index >= 15 is 0 Å². The highest BCUT2D eigenvalue weighted by molar-refractivity contribution is 6.38. The molecule has 98 valence electrons. The van der Waals surface area contributed by atoms with Gasteiger partial charge in [0.25, 0.3) is 5.91 Å². The van der Waals surface area contributed by atoms with Crippen molar-refractivity contribution in [3.63, 3.8) is 0 Å². The second-order valence-electron chi connectivity index (χ2n) is 3.82. The summed E-state index contributed by atoms with van der Waals surface area (Å²) in [5.41, 5.74) is 6.81. The summed E-state index contributed by atoms with van der Waals surface area (Å²) >= 11 is 17.6. The lowest BCUT2D eigenvalue weighted by atomic mass is 10.2. The van der Waals surface area contributed by atoms with Crippen LogP contribution in [0.1, 0.15) is 10.4 Å². The van der Waals surface area contributed by atoms with Crippen LogP contribution < -0.4 is 11.1 Å². The molecule has 0 aliphatic carbocycles. The molecule has 0 radical (unpaired) electrons. The molecule has 0 bridgehead atoms. The van der Waals surface area contributed by atoms with Gasteiger partial charge in [0.1, 0.15) is 0 Å². The third kappa shape index (κ3) is 3.32. The fraction of sp³-hybridized carbons (Fsp3) is 0. The summed E-state index contributed by atoms with van der Waals surface area (Å²) in [6.07, 6.45) is 0. The fourth-order valence-corrected chi connectivity index (χ4v) is 2.29. The van der Waals surface area contributed by atoms with Gasteiger partial charge in [0, 0.05) is 15.6 Å². The number of halogens is 3. The Kier molecular flexibility index (Phi) is 4.20. The molecule has 0 atom stereocenters. The van der Waals surface area contributed by atoms with Gasteiger partial charge < -0.3 is 11.1 Å². The molecule has 2 aromatic carbocycles. The van der Waals surface area contributed by atoms with Crippen LogP contribution in [-0.4, -0.2) is 5.91 Å². The smallest absolute Gasteiger partial charge is 0.255 e. The Labute approximate surface area is 125 Å². The van der Waals surface area contributed by atoms with Gasteiger partial charge in [-0.15, -0.1) is 0 Å². The normalized spacial score (nSPS) is 10.3. The van der Waals surface area contributed by atoms with E-state index in [0.717, 1.165) is 0 Å². The molecule has 19 heavy (non-hydrogen) atoms. The molecular formula is C13H9Cl3N2O. The Hall–Kier alpha value is -1.42. The first-order chi connectivity index (χ1) is 8.97. The van der Waals surface area contributed by atoms with Gasteiger partial charge in [0.15, 0.2) is 0 Å². The number of carbonyl (C=O) groups is 1. The van der Waals surface area contributed by atoms with Crippen LogP contribution in [0.4, 0.5) is 11.4 Å². The largest absolute Gasteiger partial charge is 0.397 e. The Balaban J connectivity index is 2.29. The molecule has 0 saturated carbocycles. The van der Waals surface area contributed by atoms with Crippen LogP contribution in [0.3, 0.4) is 0 Å². The van der Waals surface area contributed by atoms with E-state index < -0.39 is 0 Å². The lowest BCUT2D eigenvalue weighted by Crippen LogP contribution is -2.13. The van der Waals surface area contributed by atoms with Gasteiger partial charge in [0.2, 0.25) is 0 Å². The molecule has 0 aromatic heterocycles. The number of nitrogens with one attached hydrogen (secondary N) is 1. The average Bonchev–Trinajstić information content (AvgIpc) is 2.33. The first-order valence-corrected chi connectivity index (χ1v) is 6.42. The third-order valence-corrected chi connectivity index (χ3v) is 3.16. The molecule has 0 spiro atoms. The minimum absolute atomic E-state index is 0.278. The number of benzene rings is 2. The van der Waals surface area contributed by atoms with Crippen molar-refractivity contribution in [1.29, 1.82) is 0 Å². The standard InChI is InChI=1S/C13H9Cl3N2O/c14-8-3-1-2-7(4-8)13(19)18-12-10(16)5-9(15)6-11(12)17/h1-6H,17H2,(H,18,19). The minimum Gasteiger partial charge on any atom is -0.397 e. The van der Waals surface area contributed by atoms with Crippen molar-refractivity contribution in [3.05, 3.63) is 57.0 Å². The number of nitrogens with two attached hydrogens (primary N) is 1. The van der Waals surface area contributed by atoms with Crippen molar-refractivity contribution in [2.75, 3.05) is 11.1 Å². The summed E-state index contributed by atoms with van der Waals surface area (Å²) < 4.78 is 0. The topological polar surface area (TPSA) is 55.1 Å². The molecular weight excluding hydrogens is 307 g/mol. The zero-order valence-corrected chi connectivity index (χ0v) is 11.9. The lowest BCUT2D eigenvalue weighted by Gasteiger charge is -2.10. The van der Waals surface area contributed by atoms with Crippen LogP contribution >= 0.6 is 34.8 Å². The molecule has 1 amide bonds. The number of nitrogen functional groups attached to an aromatic ring is 1. The van der Waals surface area contributed by atoms with Crippen molar-refractivity contribution < 1.29 is 4.79 Å². The maximum Gasteiger partial charge on any atom is 0.255 e. The average molecular weight is 316 g/mol. The molecule has 2 aromatic rings. The molecule has 0 unspecified atom stereocenters. The molecule has 2 rings (SSSR count). The monoisotopic (exact) mass is 314 g/mol. The second-order valence-corrected chi connectivity index (χ2v) is 5.10. The molecule has 0 fully saturated rings. The fourth-order valence-electron chi connectivity index (χ4n) is 1.54. The van der Waals surface area contributed by atoms with Crippen LogP contribution in [0.2, 0.25) is 15.1 Å². The molecule has 6 heteroatoms. The minimum atomic E-state index is -0.349. The predicted octanol–water partition coefficient (Wildman–Crippen LogP) is 4.48. The Morgan fingerprint density at radius 2 is 1.79 bits per heavy atom. The van der Waals surface area contributed by atoms with Gasteiger partial charge in [-0.1, -0.05) is 40.9 Å². The highest BCUT2D eigenvalue weighted by atomic mass is 35.5. The quantitative estimate of drug-likeness (QED) is 0.803. The van der Waals surface area contributed by atoms with Gasteiger partial charge in [-0.2, -0.15) is 0 Å². The Bertz CT molecular complexity index is 621. The number of carbonyl (C=O) groups excluding carboxylic acids is 1. The Morgan fingerprint density at radius 1 is 1.05 bits per heavy atom. The number of rotatable bonds is 2. The van der Waals surface area contributed by atoms with Crippen LogP contribution in [0.15, 0.2) is 36.4 Å². The van der Waals surface area contributed by atoms with Crippen molar-refractivity contribution in [2.24, 2.45) is 0 Å². The van der Waals surface area contributed by atoms with Gasteiger partial charge in [-0.3, -0.25) is 4.79 Å². The highest BCUT2D eigenvalue weighted by Crippen LogP contribution is 2.32. The maximum atomic E-state index is 12.0. The third-order valence-electron chi connectivity index (χ3n) is 2.41. The van der Waals surface area contributed by atoms with E-state index in [4.69, 9.17) is 40.5 Å². The SMILES string of the molecule is Nc1cc(Cl)cc(Cl)c1NC(=O)c1cccc(Cl)c1. The van der Waals surface area contributed by atoms with E-state index in [1.54, 1.807) is 24.3 Å². The number of hydrogen-bond donors (Lipinski definition) is 2. The highest BCUT2D eigenvalue weighted by Gasteiger charge is 2.12. The predicted molar refractivity (Wildman–Crippen MR) is 80.3 cm³/mol. The van der Waals surface area contributed by atoms with E-state index in [0.29, 0.717) is 27.0 Å². The summed E-state index contributed by atoms with van der Waals surface area (Å²) in [5, 5.41) is 3.79. The number of amides is 1. The van der Waals surface area contributed by atoms with Crippen LogP contribution in [0, 0.1) is 0 Å². The van der Waals surface area contributed by atoms with Gasteiger partial charge in [-0.05, 0) is 30.3 Å². The summed E-state index contributed by atoms with van der Waals surface area (Å²) in [6, 6.07) is 9.58. The maximum absolute atomic E-state index is 12.0. The summed E-state index contributed by atoms with van der Waals surface area (Å²) in [7, 11) is 0. The van der Waals surface area contributed by atoms with E-state index in [-0.39, 0.29) is 10.9 Å². The molecule has 3 N–H and O–H groups in total. The Morgan fingerprint density at radius 3 is 2.42 bits per heavy atom. The van der Waals surface area contributed by atoms with E-state index in [2.05, 4.69) is 5.32 Å². The molecule has 0 aliphatic rings. The van der Waals surface area contributed by atoms with Crippen LogP contribution in [0.25, 0.3) is 0 Å². The second kappa shape index (κ2) is 5.70. The van der Waals surface area contributed by atoms with Crippen molar-refractivity contribution >= 4 is 52.1 Å². The summed E-state index contributed by atoms with van der Waals surface area (Å²) in [6.45, 7) is 0. The van der Waals surface area contributed by atoms with Crippen LogP contribution in [0.5, 0.6) is 0 Å². The van der Waals surface area contributed by atoms with Crippen LogP contribution in [-0.2, 0) is 0 Å². The molecule has 0 heterocycles. The first-order valence-electron chi connectivity index (χ1n) is 5.29. The summed E-state index contributed by atoms with van der Waals surface area (Å²) in [5.74, 6) is -0.349. The number of hydrogen-bond acceptors (Lipinski definition) is 2. The van der Waals surface area contributed by atoms with E-state index in [1.807, 2.05) is 0 Å². The molecule has 0 aliphatic heterocycles. The number of anilines is 2. The zero-order valence-electron chi connectivity index (χ0n) is 9.58. The van der Waals surface area contributed by atoms with E-state index in [9.17, 15) is 4.79 Å². The van der Waals surface area contributed by atoms with E-state index in [1.165, 1.54) is 12.1 Å². The van der Waals surface area contributed by atoms with Gasteiger partial charge in [-0.25, -0.2) is 0 Å². The van der Waals surface area contributed by atoms with Gasteiger partial charge >= 0.3 is 0 Å². The summed E-state index contributed by atoms with van der Waals surface area (Å²) in [4.78, 5) is 12.0. The zero-order chi connectivity index (χ0) is 14.0. The van der Waals surface area contributed by atoms with Crippen molar-refractivity contribution in [3.8, 4) is 0 Å². The first kappa shape index (κ1) is 14.0. The molecule has 3 nitrogen and oxygen atoms in total. The lowest BCUT2D eigenvalue weighted by molar-refractivity contribution is 0.102.